The van der Waals surface area contributed by atoms with Crippen LogP contribution in [0.4, 0.5) is 0 Å². The summed E-state index contributed by atoms with van der Waals surface area (Å²) in [6, 6.07) is 0.532. The minimum absolute atomic E-state index is 0.532. The molecule has 0 bridgehead atoms. The zero-order chi connectivity index (χ0) is 12.1. The van der Waals surface area contributed by atoms with E-state index >= 15 is 0 Å². The highest BCUT2D eigenvalue weighted by molar-refractivity contribution is 4.89. The van der Waals surface area contributed by atoms with Gasteiger partial charge in [-0.3, -0.25) is 0 Å². The summed E-state index contributed by atoms with van der Waals surface area (Å²) in [5.41, 5.74) is 0. The Hall–Kier alpha value is -0.480. The van der Waals surface area contributed by atoms with Crippen molar-refractivity contribution >= 4 is 0 Å². The van der Waals surface area contributed by atoms with Crippen LogP contribution >= 0.6 is 0 Å². The van der Waals surface area contributed by atoms with Gasteiger partial charge < -0.3 is 5.32 Å². The lowest BCUT2D eigenvalue weighted by molar-refractivity contribution is 0.484. The Kier molecular flexibility index (Phi) is 12.2. The highest BCUT2D eigenvalue weighted by atomic mass is 14.9. The fourth-order valence-corrected chi connectivity index (χ4v) is 1.89. The van der Waals surface area contributed by atoms with Crippen molar-refractivity contribution in [3.05, 3.63) is 0 Å². The van der Waals surface area contributed by atoms with Crippen LogP contribution in [0, 0.1) is 12.3 Å². The Balaban J connectivity index is 3.16. The molecule has 0 radical (unpaired) electrons. The van der Waals surface area contributed by atoms with Gasteiger partial charge in [0.2, 0.25) is 0 Å². The quantitative estimate of drug-likeness (QED) is 0.410. The number of hydrogen-bond acceptors (Lipinski definition) is 1. The standard InChI is InChI=1S/C15H29N/c1-4-7-8-9-10-11-12-14-16-15(6-3)13-5-2/h2,15-16H,4,6-14H2,1,3H3. The van der Waals surface area contributed by atoms with Crippen LogP contribution in [0.25, 0.3) is 0 Å². The van der Waals surface area contributed by atoms with E-state index in [0.29, 0.717) is 6.04 Å². The lowest BCUT2D eigenvalue weighted by atomic mass is 10.1. The molecule has 0 saturated heterocycles. The summed E-state index contributed by atoms with van der Waals surface area (Å²) in [6.45, 7) is 5.59. The molecule has 0 rings (SSSR count). The van der Waals surface area contributed by atoms with E-state index in [2.05, 4.69) is 25.1 Å². The predicted molar refractivity (Wildman–Crippen MR) is 73.5 cm³/mol. The van der Waals surface area contributed by atoms with Gasteiger partial charge in [-0.1, -0.05) is 52.4 Å². The fourth-order valence-electron chi connectivity index (χ4n) is 1.89. The summed E-state index contributed by atoms with van der Waals surface area (Å²) >= 11 is 0. The minimum atomic E-state index is 0.532. The van der Waals surface area contributed by atoms with Gasteiger partial charge in [-0.2, -0.15) is 0 Å². The first-order chi connectivity index (χ1) is 7.85. The molecule has 94 valence electrons. The van der Waals surface area contributed by atoms with Gasteiger partial charge >= 0.3 is 0 Å². The van der Waals surface area contributed by atoms with Crippen LogP contribution in [0.1, 0.15) is 71.6 Å². The van der Waals surface area contributed by atoms with Gasteiger partial charge in [-0.25, -0.2) is 0 Å². The molecule has 0 heterocycles. The van der Waals surface area contributed by atoms with Gasteiger partial charge in [0.05, 0.1) is 0 Å². The number of hydrogen-bond donors (Lipinski definition) is 1. The van der Waals surface area contributed by atoms with Crippen LogP contribution < -0.4 is 5.32 Å². The van der Waals surface area contributed by atoms with Gasteiger partial charge in [0, 0.05) is 12.5 Å². The molecule has 0 amide bonds. The highest BCUT2D eigenvalue weighted by Crippen LogP contribution is 2.06. The molecule has 0 saturated carbocycles. The predicted octanol–water partition coefficient (Wildman–Crippen LogP) is 4.13. The van der Waals surface area contributed by atoms with E-state index in [9.17, 15) is 0 Å². The molecule has 0 aliphatic carbocycles. The van der Waals surface area contributed by atoms with Gasteiger partial charge in [-0.15, -0.1) is 12.3 Å². The largest absolute Gasteiger partial charge is 0.313 e. The second kappa shape index (κ2) is 12.6. The normalized spacial score (nSPS) is 12.3. The molecule has 1 nitrogen and oxygen atoms in total. The van der Waals surface area contributed by atoms with Gasteiger partial charge in [0.15, 0.2) is 0 Å². The molecule has 1 unspecified atom stereocenters. The van der Waals surface area contributed by atoms with Crippen molar-refractivity contribution < 1.29 is 0 Å². The lowest BCUT2D eigenvalue weighted by Crippen LogP contribution is -2.28. The SMILES string of the molecule is C#CCC(CC)NCCCCCCCCC. The molecule has 1 N–H and O–H groups in total. The van der Waals surface area contributed by atoms with Crippen LogP contribution in [-0.4, -0.2) is 12.6 Å². The third-order valence-corrected chi connectivity index (χ3v) is 3.07. The second-order valence-corrected chi connectivity index (χ2v) is 4.59. The monoisotopic (exact) mass is 223 g/mol. The first-order valence-electron chi connectivity index (χ1n) is 7.02. The van der Waals surface area contributed by atoms with Crippen molar-refractivity contribution in [1.82, 2.24) is 5.32 Å². The molecule has 1 atom stereocenters. The molecule has 0 aromatic carbocycles. The van der Waals surface area contributed by atoms with E-state index in [4.69, 9.17) is 6.42 Å². The first kappa shape index (κ1) is 15.5. The fraction of sp³-hybridized carbons (Fsp3) is 0.867. The smallest absolute Gasteiger partial charge is 0.0240 e. The molecular formula is C15H29N. The molecule has 16 heavy (non-hydrogen) atoms. The van der Waals surface area contributed by atoms with Crippen molar-refractivity contribution in [3.63, 3.8) is 0 Å². The molecule has 0 aliphatic heterocycles. The first-order valence-corrected chi connectivity index (χ1v) is 7.02. The molecule has 0 aliphatic rings. The van der Waals surface area contributed by atoms with Gasteiger partial charge in [-0.05, 0) is 19.4 Å². The third-order valence-electron chi connectivity index (χ3n) is 3.07. The number of nitrogens with one attached hydrogen (secondary N) is 1. The molecule has 0 aromatic heterocycles. The topological polar surface area (TPSA) is 12.0 Å². The molecule has 0 aromatic rings. The van der Waals surface area contributed by atoms with Crippen molar-refractivity contribution in [2.75, 3.05) is 6.54 Å². The van der Waals surface area contributed by atoms with E-state index in [1.165, 1.54) is 44.9 Å². The van der Waals surface area contributed by atoms with E-state index in [1.807, 2.05) is 0 Å². The average molecular weight is 223 g/mol. The second-order valence-electron chi connectivity index (χ2n) is 4.59. The van der Waals surface area contributed by atoms with Crippen LogP contribution in [0.2, 0.25) is 0 Å². The van der Waals surface area contributed by atoms with Crippen molar-refractivity contribution in [3.8, 4) is 12.3 Å². The Labute approximate surface area is 102 Å². The molecule has 0 fully saturated rings. The van der Waals surface area contributed by atoms with E-state index < -0.39 is 0 Å². The summed E-state index contributed by atoms with van der Waals surface area (Å²) < 4.78 is 0. The summed E-state index contributed by atoms with van der Waals surface area (Å²) in [5, 5.41) is 3.53. The van der Waals surface area contributed by atoms with Crippen LogP contribution in [0.3, 0.4) is 0 Å². The lowest BCUT2D eigenvalue weighted by Gasteiger charge is -2.13. The van der Waals surface area contributed by atoms with E-state index in [1.54, 1.807) is 0 Å². The summed E-state index contributed by atoms with van der Waals surface area (Å²) in [6.07, 6.45) is 16.9. The molecule has 0 spiro atoms. The van der Waals surface area contributed by atoms with Crippen molar-refractivity contribution in [1.29, 1.82) is 0 Å². The number of unbranched alkanes of at least 4 members (excludes halogenated alkanes) is 6. The average Bonchev–Trinajstić information content (AvgIpc) is 2.31. The maximum absolute atomic E-state index is 5.31. The molecular weight excluding hydrogens is 194 g/mol. The van der Waals surface area contributed by atoms with Crippen LogP contribution in [0.15, 0.2) is 0 Å². The van der Waals surface area contributed by atoms with E-state index in [-0.39, 0.29) is 0 Å². The Morgan fingerprint density at radius 3 is 2.19 bits per heavy atom. The van der Waals surface area contributed by atoms with Gasteiger partial charge in [0.1, 0.15) is 0 Å². The third kappa shape index (κ3) is 10.1. The van der Waals surface area contributed by atoms with Crippen LogP contribution in [0.5, 0.6) is 0 Å². The number of rotatable bonds is 11. The maximum Gasteiger partial charge on any atom is 0.0240 e. The Bertz CT molecular complexity index is 169. The number of terminal acetylenes is 1. The summed E-state index contributed by atoms with van der Waals surface area (Å²) in [5.74, 6) is 2.73. The highest BCUT2D eigenvalue weighted by Gasteiger charge is 2.01. The zero-order valence-corrected chi connectivity index (χ0v) is 11.2. The summed E-state index contributed by atoms with van der Waals surface area (Å²) in [7, 11) is 0. The Morgan fingerprint density at radius 2 is 1.62 bits per heavy atom. The molecule has 1 heteroatoms. The van der Waals surface area contributed by atoms with Crippen molar-refractivity contribution in [2.24, 2.45) is 0 Å². The maximum atomic E-state index is 5.31. The zero-order valence-electron chi connectivity index (χ0n) is 11.2. The van der Waals surface area contributed by atoms with Crippen LogP contribution in [-0.2, 0) is 0 Å². The minimum Gasteiger partial charge on any atom is -0.313 e. The van der Waals surface area contributed by atoms with E-state index in [0.717, 1.165) is 19.4 Å². The Morgan fingerprint density at radius 1 is 1.00 bits per heavy atom. The van der Waals surface area contributed by atoms with Gasteiger partial charge in [0.25, 0.3) is 0 Å². The van der Waals surface area contributed by atoms with Crippen molar-refractivity contribution in [2.45, 2.75) is 77.7 Å². The summed E-state index contributed by atoms with van der Waals surface area (Å²) in [4.78, 5) is 0.